The van der Waals surface area contributed by atoms with Crippen molar-refractivity contribution in [1.29, 1.82) is 0 Å². The van der Waals surface area contributed by atoms with Crippen LogP contribution in [0.3, 0.4) is 0 Å². The minimum Gasteiger partial charge on any atom is -0.350 e. The van der Waals surface area contributed by atoms with E-state index in [1.54, 1.807) is 33.8 Å². The molecule has 0 aromatic heterocycles. The predicted octanol–water partition coefficient (Wildman–Crippen LogP) is 1.83. The number of hydrogen-bond acceptors (Lipinski definition) is 4. The summed E-state index contributed by atoms with van der Waals surface area (Å²) in [6, 6.07) is 4.71. The van der Waals surface area contributed by atoms with Gasteiger partial charge in [-0.05, 0) is 59.4 Å². The van der Waals surface area contributed by atoms with E-state index in [2.05, 4.69) is 15.4 Å². The molecule has 0 radical (unpaired) electrons. The number of sulfonamides is 1. The molecule has 0 spiro atoms. The Labute approximate surface area is 151 Å². The third kappa shape index (κ3) is 6.76. The molecule has 8 heteroatoms. The predicted molar refractivity (Wildman–Crippen MR) is 99.4 cm³/mol. The molecule has 1 unspecified atom stereocenters. The Morgan fingerprint density at radius 1 is 1.25 bits per heavy atom. The van der Waals surface area contributed by atoms with Crippen LogP contribution in [0.15, 0.2) is 23.1 Å². The van der Waals surface area contributed by atoms with Crippen LogP contribution in [0.25, 0.3) is 0 Å². The average molecular weight is 378 g/mol. The van der Waals surface area contributed by atoms with Gasteiger partial charge in [-0.1, -0.05) is 6.07 Å². The molecule has 0 saturated heterocycles. The molecule has 1 amide bonds. The SMILES string of the molecule is CNC(C)CNC(=O)c1cc(S(=O)(=O)NC(C)(C)C)ccc1C.Cl. The normalized spacial score (nSPS) is 13.1. The monoisotopic (exact) mass is 377 g/mol. The van der Waals surface area contributed by atoms with Crippen LogP contribution in [-0.4, -0.2) is 39.5 Å². The molecular weight excluding hydrogens is 350 g/mol. The summed E-state index contributed by atoms with van der Waals surface area (Å²) in [5.41, 5.74) is 0.508. The number of amides is 1. The molecule has 1 atom stereocenters. The second-order valence-corrected chi connectivity index (χ2v) is 8.41. The molecule has 3 N–H and O–H groups in total. The molecule has 6 nitrogen and oxygen atoms in total. The van der Waals surface area contributed by atoms with Gasteiger partial charge in [0.1, 0.15) is 0 Å². The molecule has 0 aliphatic heterocycles. The second-order valence-electron chi connectivity index (χ2n) is 6.73. The first kappa shape index (κ1) is 22.9. The maximum atomic E-state index is 12.4. The van der Waals surface area contributed by atoms with Gasteiger partial charge in [-0.25, -0.2) is 13.1 Å². The van der Waals surface area contributed by atoms with E-state index in [9.17, 15) is 13.2 Å². The second kappa shape index (κ2) is 8.80. The first-order valence-electron chi connectivity index (χ1n) is 7.56. The van der Waals surface area contributed by atoms with Crippen molar-refractivity contribution < 1.29 is 13.2 Å². The van der Waals surface area contributed by atoms with Crippen molar-refractivity contribution in [2.24, 2.45) is 0 Å². The number of aryl methyl sites for hydroxylation is 1. The lowest BCUT2D eigenvalue weighted by atomic mass is 10.1. The van der Waals surface area contributed by atoms with Crippen LogP contribution in [0.2, 0.25) is 0 Å². The fraction of sp³-hybridized carbons (Fsp3) is 0.562. The smallest absolute Gasteiger partial charge is 0.251 e. The van der Waals surface area contributed by atoms with Crippen LogP contribution in [0.4, 0.5) is 0 Å². The van der Waals surface area contributed by atoms with Crippen LogP contribution in [-0.2, 0) is 10.0 Å². The molecule has 1 aromatic carbocycles. The summed E-state index contributed by atoms with van der Waals surface area (Å²) in [4.78, 5) is 12.4. The number of carbonyl (C=O) groups excluding carboxylic acids is 1. The molecule has 0 aliphatic carbocycles. The van der Waals surface area contributed by atoms with Gasteiger partial charge in [0, 0.05) is 23.7 Å². The van der Waals surface area contributed by atoms with Crippen molar-refractivity contribution in [3.63, 3.8) is 0 Å². The first-order valence-corrected chi connectivity index (χ1v) is 9.04. The van der Waals surface area contributed by atoms with Crippen molar-refractivity contribution in [1.82, 2.24) is 15.4 Å². The van der Waals surface area contributed by atoms with Crippen LogP contribution >= 0.6 is 12.4 Å². The molecular formula is C16H28ClN3O3S. The van der Waals surface area contributed by atoms with Crippen LogP contribution < -0.4 is 15.4 Å². The Morgan fingerprint density at radius 2 is 1.83 bits per heavy atom. The quantitative estimate of drug-likeness (QED) is 0.705. The van der Waals surface area contributed by atoms with Gasteiger partial charge in [-0.15, -0.1) is 12.4 Å². The highest BCUT2D eigenvalue weighted by Gasteiger charge is 2.23. The van der Waals surface area contributed by atoms with E-state index in [1.165, 1.54) is 12.1 Å². The van der Waals surface area contributed by atoms with E-state index in [4.69, 9.17) is 0 Å². The van der Waals surface area contributed by atoms with Gasteiger partial charge in [0.05, 0.1) is 4.90 Å². The summed E-state index contributed by atoms with van der Waals surface area (Å²) in [5.74, 6) is -0.280. The summed E-state index contributed by atoms with van der Waals surface area (Å²) in [6.07, 6.45) is 0. The number of hydrogen-bond donors (Lipinski definition) is 3. The molecule has 0 fully saturated rings. The van der Waals surface area contributed by atoms with Crippen molar-refractivity contribution >= 4 is 28.3 Å². The fourth-order valence-corrected chi connectivity index (χ4v) is 3.36. The van der Waals surface area contributed by atoms with Gasteiger partial charge in [-0.3, -0.25) is 4.79 Å². The zero-order valence-electron chi connectivity index (χ0n) is 15.1. The fourth-order valence-electron chi connectivity index (χ4n) is 1.92. The Morgan fingerprint density at radius 3 is 2.33 bits per heavy atom. The number of rotatable bonds is 6. The molecule has 0 saturated carbocycles. The lowest BCUT2D eigenvalue weighted by molar-refractivity contribution is 0.0949. The number of likely N-dealkylation sites (N-methyl/N-ethyl adjacent to an activating group) is 1. The van der Waals surface area contributed by atoms with Gasteiger partial charge >= 0.3 is 0 Å². The lowest BCUT2D eigenvalue weighted by Crippen LogP contribution is -2.40. The van der Waals surface area contributed by atoms with Gasteiger partial charge in [0.25, 0.3) is 5.91 Å². The highest BCUT2D eigenvalue weighted by atomic mass is 35.5. The minimum absolute atomic E-state index is 0. The van der Waals surface area contributed by atoms with Crippen LogP contribution in [0.1, 0.15) is 43.6 Å². The molecule has 0 aliphatic rings. The van der Waals surface area contributed by atoms with Crippen LogP contribution in [0, 0.1) is 6.92 Å². The zero-order valence-corrected chi connectivity index (χ0v) is 16.7. The van der Waals surface area contributed by atoms with Crippen molar-refractivity contribution in [2.45, 2.75) is 51.1 Å². The molecule has 1 rings (SSSR count). The molecule has 138 valence electrons. The van der Waals surface area contributed by atoms with Gasteiger partial charge < -0.3 is 10.6 Å². The molecule has 24 heavy (non-hydrogen) atoms. The number of halogens is 1. The Bertz CT molecular complexity index is 670. The summed E-state index contributed by atoms with van der Waals surface area (Å²) in [5, 5.41) is 5.83. The first-order chi connectivity index (χ1) is 10.5. The van der Waals surface area contributed by atoms with Crippen molar-refractivity contribution in [2.75, 3.05) is 13.6 Å². The van der Waals surface area contributed by atoms with E-state index >= 15 is 0 Å². The molecule has 1 aromatic rings. The maximum absolute atomic E-state index is 12.4. The highest BCUT2D eigenvalue weighted by Crippen LogP contribution is 2.17. The summed E-state index contributed by atoms with van der Waals surface area (Å²) >= 11 is 0. The molecule has 0 heterocycles. The summed E-state index contributed by atoms with van der Waals surface area (Å²) < 4.78 is 27.4. The standard InChI is InChI=1S/C16H27N3O3S.ClH/c1-11-7-8-13(23(21,22)19-16(3,4)5)9-14(11)15(20)18-10-12(2)17-6;/h7-9,12,17,19H,10H2,1-6H3,(H,18,20);1H. The highest BCUT2D eigenvalue weighted by molar-refractivity contribution is 7.89. The van der Waals surface area contributed by atoms with E-state index in [-0.39, 0.29) is 29.3 Å². The largest absolute Gasteiger partial charge is 0.350 e. The number of carbonyl (C=O) groups is 1. The van der Waals surface area contributed by atoms with Crippen molar-refractivity contribution in [3.8, 4) is 0 Å². The average Bonchev–Trinajstić information content (AvgIpc) is 2.41. The third-order valence-electron chi connectivity index (χ3n) is 3.27. The van der Waals surface area contributed by atoms with E-state index in [1.807, 2.05) is 14.0 Å². The van der Waals surface area contributed by atoms with Crippen molar-refractivity contribution in [3.05, 3.63) is 29.3 Å². The third-order valence-corrected chi connectivity index (χ3v) is 5.02. The maximum Gasteiger partial charge on any atom is 0.251 e. The van der Waals surface area contributed by atoms with Crippen LogP contribution in [0.5, 0.6) is 0 Å². The topological polar surface area (TPSA) is 87.3 Å². The van der Waals surface area contributed by atoms with E-state index in [0.29, 0.717) is 12.1 Å². The Kier molecular flexibility index (Phi) is 8.38. The zero-order chi connectivity index (χ0) is 17.8. The van der Waals surface area contributed by atoms with Gasteiger partial charge in [0.2, 0.25) is 10.0 Å². The molecule has 0 bridgehead atoms. The van der Waals surface area contributed by atoms with E-state index in [0.717, 1.165) is 5.56 Å². The van der Waals surface area contributed by atoms with E-state index < -0.39 is 15.6 Å². The minimum atomic E-state index is -3.67. The number of benzene rings is 1. The Hall–Kier alpha value is -1.15. The Balaban J connectivity index is 0.00000529. The summed E-state index contributed by atoms with van der Waals surface area (Å²) in [6.45, 7) is 9.50. The number of nitrogens with one attached hydrogen (secondary N) is 3. The van der Waals surface area contributed by atoms with Gasteiger partial charge in [-0.2, -0.15) is 0 Å². The van der Waals surface area contributed by atoms with Gasteiger partial charge in [0.15, 0.2) is 0 Å². The summed E-state index contributed by atoms with van der Waals surface area (Å²) in [7, 11) is -1.86. The lowest BCUT2D eigenvalue weighted by Gasteiger charge is -2.21.